The van der Waals surface area contributed by atoms with E-state index in [0.29, 0.717) is 30.9 Å². The second-order valence-corrected chi connectivity index (χ2v) is 8.54. The van der Waals surface area contributed by atoms with Crippen LogP contribution in [-0.4, -0.2) is 72.0 Å². The molecule has 2 aliphatic rings. The van der Waals surface area contributed by atoms with Gasteiger partial charge in [-0.2, -0.15) is 0 Å². The van der Waals surface area contributed by atoms with Crippen LogP contribution < -0.4 is 4.74 Å². The molecule has 0 fully saturated rings. The molecule has 0 radical (unpaired) electrons. The number of benzene rings is 1. The number of fused-ring (bicyclic) bond motifs is 1. The Bertz CT molecular complexity index is 956. The number of ketones is 3. The molecule has 3 rings (SSSR count). The van der Waals surface area contributed by atoms with E-state index in [-0.39, 0.29) is 42.9 Å². The molecule has 0 bridgehead atoms. The summed E-state index contributed by atoms with van der Waals surface area (Å²) in [6, 6.07) is 3.02. The zero-order chi connectivity index (χ0) is 24.0. The molecule has 0 aromatic heterocycles. The third-order valence-electron chi connectivity index (χ3n) is 6.06. The Morgan fingerprint density at radius 1 is 1.12 bits per heavy atom. The molecule has 2 heterocycles. The summed E-state index contributed by atoms with van der Waals surface area (Å²) < 4.78 is 11.3. The van der Waals surface area contributed by atoms with Crippen LogP contribution in [0.2, 0.25) is 0 Å². The highest BCUT2D eigenvalue weighted by molar-refractivity contribution is 6.63. The van der Waals surface area contributed by atoms with E-state index in [0.717, 1.165) is 13.1 Å². The van der Waals surface area contributed by atoms with E-state index in [1.54, 1.807) is 26.3 Å². The zero-order valence-corrected chi connectivity index (χ0v) is 19.0. The Labute approximate surface area is 192 Å². The summed E-state index contributed by atoms with van der Waals surface area (Å²) in [5.74, 6) is -3.19. The Balaban J connectivity index is 1.81. The maximum absolute atomic E-state index is 12.9. The first kappa shape index (κ1) is 24.4. The number of Topliss-reactive ketones (excluding diaryl/α,β-unsaturated/α-hetero) is 3. The predicted molar refractivity (Wildman–Crippen MR) is 120 cm³/mol. The summed E-state index contributed by atoms with van der Waals surface area (Å²) in [5.41, 5.74) is 0.487. The van der Waals surface area contributed by atoms with E-state index in [1.165, 1.54) is 6.07 Å². The number of hydrogen-bond donors (Lipinski definition) is 1. The first-order valence-electron chi connectivity index (χ1n) is 11.3. The van der Waals surface area contributed by atoms with Crippen LogP contribution in [0.5, 0.6) is 11.5 Å². The van der Waals surface area contributed by atoms with Gasteiger partial charge >= 0.3 is 5.97 Å². The molecule has 9 heteroatoms. The molecule has 1 unspecified atom stereocenters. The second-order valence-electron chi connectivity index (χ2n) is 8.54. The molecular formula is C24H30N2O7. The lowest BCUT2D eigenvalue weighted by atomic mass is 9.94. The number of aliphatic imine (C=N–C) groups is 1. The summed E-state index contributed by atoms with van der Waals surface area (Å²) in [4.78, 5) is 55.4. The third kappa shape index (κ3) is 6.40. The Morgan fingerprint density at radius 3 is 2.61 bits per heavy atom. The van der Waals surface area contributed by atoms with Gasteiger partial charge < -0.3 is 19.5 Å². The van der Waals surface area contributed by atoms with Gasteiger partial charge in [-0.3, -0.25) is 19.4 Å². The molecule has 2 atom stereocenters. The topological polar surface area (TPSA) is 123 Å². The molecule has 1 aromatic rings. The van der Waals surface area contributed by atoms with Crippen LogP contribution in [0.25, 0.3) is 0 Å². The molecule has 33 heavy (non-hydrogen) atoms. The Hall–Kier alpha value is -3.23. The molecular weight excluding hydrogens is 428 g/mol. The molecule has 1 N–H and O–H groups in total. The van der Waals surface area contributed by atoms with Gasteiger partial charge in [0.1, 0.15) is 29.8 Å². The number of ether oxygens (including phenoxy) is 2. The maximum Gasteiger partial charge on any atom is 0.342 e. The molecule has 1 aromatic carbocycles. The number of carbonyl (C=O) groups excluding carboxylic acids is 4. The van der Waals surface area contributed by atoms with Crippen LogP contribution in [0.1, 0.15) is 55.5 Å². The van der Waals surface area contributed by atoms with Gasteiger partial charge in [0.25, 0.3) is 5.78 Å². The van der Waals surface area contributed by atoms with Gasteiger partial charge in [-0.15, -0.1) is 0 Å². The van der Waals surface area contributed by atoms with Crippen molar-refractivity contribution in [2.24, 2.45) is 10.9 Å². The Morgan fingerprint density at radius 2 is 1.88 bits per heavy atom. The quantitative estimate of drug-likeness (QED) is 0.538. The average Bonchev–Trinajstić information content (AvgIpc) is 3.29. The van der Waals surface area contributed by atoms with Crippen LogP contribution in [0.3, 0.4) is 0 Å². The van der Waals surface area contributed by atoms with Crippen molar-refractivity contribution in [3.63, 3.8) is 0 Å². The highest BCUT2D eigenvalue weighted by Gasteiger charge is 2.28. The SMILES string of the molecule is CC1OC(=O)c2c(O)cc(OCCN3C=NCC3)cc2CCCC(=O)C(=O)C(=O)CC[C@H]1C. The molecule has 0 saturated carbocycles. The van der Waals surface area contributed by atoms with Crippen molar-refractivity contribution in [2.75, 3.05) is 26.2 Å². The number of aryl methyl sites for hydroxylation is 1. The molecule has 0 spiro atoms. The summed E-state index contributed by atoms with van der Waals surface area (Å²) >= 11 is 0. The van der Waals surface area contributed by atoms with E-state index in [9.17, 15) is 24.3 Å². The van der Waals surface area contributed by atoms with Crippen LogP contribution >= 0.6 is 0 Å². The number of carbonyl (C=O) groups is 4. The van der Waals surface area contributed by atoms with Gasteiger partial charge in [-0.1, -0.05) is 6.92 Å². The minimum atomic E-state index is -0.977. The van der Waals surface area contributed by atoms with Gasteiger partial charge in [-0.05, 0) is 43.7 Å². The lowest BCUT2D eigenvalue weighted by Gasteiger charge is -2.22. The number of phenolic OH excluding ortho intramolecular Hbond substituents is 1. The zero-order valence-electron chi connectivity index (χ0n) is 19.0. The van der Waals surface area contributed by atoms with E-state index < -0.39 is 29.4 Å². The van der Waals surface area contributed by atoms with Gasteiger partial charge in [0.15, 0.2) is 0 Å². The molecule has 178 valence electrons. The largest absolute Gasteiger partial charge is 0.507 e. The first-order valence-corrected chi connectivity index (χ1v) is 11.3. The van der Waals surface area contributed by atoms with Crippen molar-refractivity contribution < 1.29 is 33.8 Å². The molecule has 0 saturated heterocycles. The number of aromatic hydroxyl groups is 1. The van der Waals surface area contributed by atoms with Crippen molar-refractivity contribution in [1.29, 1.82) is 0 Å². The van der Waals surface area contributed by atoms with E-state index >= 15 is 0 Å². The van der Waals surface area contributed by atoms with Crippen molar-refractivity contribution in [3.8, 4) is 11.5 Å². The number of nitrogens with zero attached hydrogens (tertiary/aromatic N) is 2. The summed E-state index contributed by atoms with van der Waals surface area (Å²) in [5, 5.41) is 10.6. The minimum absolute atomic E-state index is 0.0278. The number of rotatable bonds is 4. The maximum atomic E-state index is 12.9. The standard InChI is InChI=1S/C24H30N2O7/c1-15-6-7-20(28)23(30)19(27)5-3-4-17-12-18(32-11-10-26-9-8-25-14-26)13-21(29)22(17)24(31)33-16(15)2/h12-16,29H,3-11H2,1-2H3/t15-,16?/m1/s1. The van der Waals surface area contributed by atoms with Gasteiger partial charge in [-0.25, -0.2) is 4.79 Å². The Kier molecular flexibility index (Phi) is 8.19. The van der Waals surface area contributed by atoms with E-state index in [1.807, 2.05) is 4.90 Å². The van der Waals surface area contributed by atoms with Crippen LogP contribution in [0.4, 0.5) is 0 Å². The van der Waals surface area contributed by atoms with E-state index in [2.05, 4.69) is 4.99 Å². The molecule has 0 amide bonds. The summed E-state index contributed by atoms with van der Waals surface area (Å²) in [6.45, 7) is 6.07. The van der Waals surface area contributed by atoms with Crippen LogP contribution in [0.15, 0.2) is 17.1 Å². The lowest BCUT2D eigenvalue weighted by Crippen LogP contribution is -2.27. The van der Waals surface area contributed by atoms with Crippen LogP contribution in [0, 0.1) is 5.92 Å². The summed E-state index contributed by atoms with van der Waals surface area (Å²) in [6.07, 6.45) is 1.79. The number of esters is 1. The molecule has 9 nitrogen and oxygen atoms in total. The van der Waals surface area contributed by atoms with Gasteiger partial charge in [0.05, 0.1) is 19.4 Å². The van der Waals surface area contributed by atoms with E-state index in [4.69, 9.17) is 9.47 Å². The fourth-order valence-electron chi connectivity index (χ4n) is 3.80. The third-order valence-corrected chi connectivity index (χ3v) is 6.06. The highest BCUT2D eigenvalue weighted by Crippen LogP contribution is 2.31. The van der Waals surface area contributed by atoms with Crippen molar-refractivity contribution >= 4 is 29.7 Å². The fraction of sp³-hybridized carbons (Fsp3) is 0.542. The van der Waals surface area contributed by atoms with Crippen molar-refractivity contribution in [3.05, 3.63) is 23.3 Å². The van der Waals surface area contributed by atoms with Crippen LogP contribution in [-0.2, 0) is 25.5 Å². The number of hydrogen-bond acceptors (Lipinski definition) is 9. The molecule has 0 aliphatic carbocycles. The second kappa shape index (κ2) is 11.1. The minimum Gasteiger partial charge on any atom is -0.507 e. The number of phenols is 1. The number of cyclic esters (lactones) is 1. The average molecular weight is 459 g/mol. The van der Waals surface area contributed by atoms with Gasteiger partial charge in [0.2, 0.25) is 11.6 Å². The highest BCUT2D eigenvalue weighted by atomic mass is 16.5. The normalized spacial score (nSPS) is 22.7. The first-order chi connectivity index (χ1) is 15.8. The summed E-state index contributed by atoms with van der Waals surface area (Å²) in [7, 11) is 0. The molecule has 2 aliphatic heterocycles. The lowest BCUT2D eigenvalue weighted by molar-refractivity contribution is -0.144. The smallest absolute Gasteiger partial charge is 0.342 e. The fourth-order valence-corrected chi connectivity index (χ4v) is 3.80. The van der Waals surface area contributed by atoms with Crippen molar-refractivity contribution in [2.45, 2.75) is 52.1 Å². The monoisotopic (exact) mass is 458 g/mol. The van der Waals surface area contributed by atoms with Crippen molar-refractivity contribution in [1.82, 2.24) is 4.90 Å². The predicted octanol–water partition coefficient (Wildman–Crippen LogP) is 2.12. The van der Waals surface area contributed by atoms with Gasteiger partial charge in [0, 0.05) is 25.5 Å².